The Hall–Kier alpha value is -1.60. The van der Waals surface area contributed by atoms with E-state index in [-0.39, 0.29) is 17.5 Å². The number of hydrogen-bond acceptors (Lipinski definition) is 4. The molecule has 1 saturated heterocycles. The number of hydrogen-bond donors (Lipinski definition) is 1. The SMILES string of the molecule is COc1ccccc1C(CNS(=O)(=O)c1ccc(Cl)cc1)N1CCCCC1. The Morgan fingerprint density at radius 1 is 1.07 bits per heavy atom. The average molecular weight is 409 g/mol. The largest absolute Gasteiger partial charge is 0.496 e. The maximum atomic E-state index is 12.7. The molecule has 27 heavy (non-hydrogen) atoms. The van der Waals surface area contributed by atoms with Crippen LogP contribution in [0.2, 0.25) is 5.02 Å². The molecule has 1 N–H and O–H groups in total. The highest BCUT2D eigenvalue weighted by Crippen LogP contribution is 2.31. The predicted octanol–water partition coefficient (Wildman–Crippen LogP) is 3.85. The molecule has 1 aliphatic heterocycles. The summed E-state index contributed by atoms with van der Waals surface area (Å²) in [6.07, 6.45) is 3.46. The molecule has 1 atom stereocenters. The molecule has 0 aliphatic carbocycles. The van der Waals surface area contributed by atoms with Gasteiger partial charge in [0.25, 0.3) is 0 Å². The van der Waals surface area contributed by atoms with Gasteiger partial charge < -0.3 is 4.74 Å². The molecule has 5 nitrogen and oxygen atoms in total. The van der Waals surface area contributed by atoms with E-state index in [1.807, 2.05) is 24.3 Å². The van der Waals surface area contributed by atoms with Gasteiger partial charge in [0, 0.05) is 17.1 Å². The van der Waals surface area contributed by atoms with Gasteiger partial charge >= 0.3 is 0 Å². The number of methoxy groups -OCH3 is 1. The zero-order chi connectivity index (χ0) is 19.3. The molecule has 2 aromatic rings. The van der Waals surface area contributed by atoms with Gasteiger partial charge in [-0.15, -0.1) is 0 Å². The Morgan fingerprint density at radius 3 is 2.41 bits per heavy atom. The highest BCUT2D eigenvalue weighted by molar-refractivity contribution is 7.89. The summed E-state index contributed by atoms with van der Waals surface area (Å²) in [4.78, 5) is 2.55. The van der Waals surface area contributed by atoms with E-state index in [0.29, 0.717) is 5.02 Å². The van der Waals surface area contributed by atoms with Gasteiger partial charge in [0.1, 0.15) is 5.75 Å². The van der Waals surface area contributed by atoms with Crippen LogP contribution >= 0.6 is 11.6 Å². The van der Waals surface area contributed by atoms with Gasteiger partial charge in [-0.25, -0.2) is 13.1 Å². The summed E-state index contributed by atoms with van der Waals surface area (Å²) in [5, 5.41) is 0.508. The summed E-state index contributed by atoms with van der Waals surface area (Å²) in [7, 11) is -1.97. The Kier molecular flexibility index (Phi) is 6.76. The van der Waals surface area contributed by atoms with E-state index in [1.165, 1.54) is 18.6 Å². The van der Waals surface area contributed by atoms with Crippen LogP contribution in [0, 0.1) is 0 Å². The van der Waals surface area contributed by atoms with Crippen molar-refractivity contribution in [2.45, 2.75) is 30.2 Å². The third-order valence-corrected chi connectivity index (χ3v) is 6.61. The summed E-state index contributed by atoms with van der Waals surface area (Å²) in [5.74, 6) is 0.777. The van der Waals surface area contributed by atoms with Crippen LogP contribution in [0.15, 0.2) is 53.4 Å². The van der Waals surface area contributed by atoms with E-state index < -0.39 is 10.0 Å². The molecule has 0 radical (unpaired) electrons. The standard InChI is InChI=1S/C20H25ClN2O3S/c1-26-20-8-4-3-7-18(20)19(23-13-5-2-6-14-23)15-22-27(24,25)17-11-9-16(21)10-12-17/h3-4,7-12,19,22H,2,5-6,13-15H2,1H3. The number of likely N-dealkylation sites (tertiary alicyclic amines) is 1. The minimum absolute atomic E-state index is 0.0801. The van der Waals surface area contributed by atoms with E-state index in [9.17, 15) is 8.42 Å². The molecule has 0 amide bonds. The van der Waals surface area contributed by atoms with Crippen LogP contribution in [-0.4, -0.2) is 40.1 Å². The Labute approximate surface area is 166 Å². The fourth-order valence-corrected chi connectivity index (χ4v) is 4.66. The number of sulfonamides is 1. The zero-order valence-electron chi connectivity index (χ0n) is 15.4. The first kappa shape index (κ1) is 20.1. The van der Waals surface area contributed by atoms with Crippen LogP contribution in [0.25, 0.3) is 0 Å². The molecule has 1 fully saturated rings. The molecule has 1 heterocycles. The van der Waals surface area contributed by atoms with Crippen molar-refractivity contribution in [2.75, 3.05) is 26.7 Å². The maximum absolute atomic E-state index is 12.7. The lowest BCUT2D eigenvalue weighted by Crippen LogP contribution is -2.40. The van der Waals surface area contributed by atoms with E-state index in [1.54, 1.807) is 19.2 Å². The molecule has 3 rings (SSSR count). The Balaban J connectivity index is 1.84. The number of para-hydroxylation sites is 1. The van der Waals surface area contributed by atoms with Crippen molar-refractivity contribution in [3.8, 4) is 5.75 Å². The minimum Gasteiger partial charge on any atom is -0.496 e. The second-order valence-corrected chi connectivity index (χ2v) is 8.86. The molecule has 0 aromatic heterocycles. The van der Waals surface area contributed by atoms with Gasteiger partial charge in [0.2, 0.25) is 10.0 Å². The Morgan fingerprint density at radius 2 is 1.74 bits per heavy atom. The van der Waals surface area contributed by atoms with E-state index in [4.69, 9.17) is 16.3 Å². The average Bonchev–Trinajstić information content (AvgIpc) is 2.69. The number of piperidine rings is 1. The second kappa shape index (κ2) is 9.06. The first-order valence-electron chi connectivity index (χ1n) is 9.13. The molecule has 0 spiro atoms. The molecule has 2 aromatic carbocycles. The lowest BCUT2D eigenvalue weighted by molar-refractivity contribution is 0.162. The van der Waals surface area contributed by atoms with Crippen LogP contribution < -0.4 is 9.46 Å². The number of nitrogens with one attached hydrogen (secondary N) is 1. The van der Waals surface area contributed by atoms with Crippen LogP contribution in [-0.2, 0) is 10.0 Å². The van der Waals surface area contributed by atoms with Crippen LogP contribution in [0.5, 0.6) is 5.75 Å². The molecule has 146 valence electrons. The molecule has 1 unspecified atom stereocenters. The van der Waals surface area contributed by atoms with Crippen molar-refractivity contribution in [2.24, 2.45) is 0 Å². The fraction of sp³-hybridized carbons (Fsp3) is 0.400. The van der Waals surface area contributed by atoms with E-state index >= 15 is 0 Å². The lowest BCUT2D eigenvalue weighted by Gasteiger charge is -2.35. The van der Waals surface area contributed by atoms with Gasteiger partial charge in [-0.05, 0) is 56.3 Å². The molecule has 7 heteroatoms. The molecular weight excluding hydrogens is 384 g/mol. The predicted molar refractivity (Wildman–Crippen MR) is 108 cm³/mol. The van der Waals surface area contributed by atoms with Crippen molar-refractivity contribution < 1.29 is 13.2 Å². The van der Waals surface area contributed by atoms with Crippen molar-refractivity contribution >= 4 is 21.6 Å². The highest BCUT2D eigenvalue weighted by atomic mass is 35.5. The topological polar surface area (TPSA) is 58.6 Å². The first-order chi connectivity index (χ1) is 13.0. The highest BCUT2D eigenvalue weighted by Gasteiger charge is 2.26. The normalized spacial score (nSPS) is 16.8. The zero-order valence-corrected chi connectivity index (χ0v) is 17.0. The summed E-state index contributed by atoms with van der Waals surface area (Å²) < 4.78 is 33.7. The monoisotopic (exact) mass is 408 g/mol. The van der Waals surface area contributed by atoms with Gasteiger partial charge in [-0.3, -0.25) is 4.90 Å². The lowest BCUT2D eigenvalue weighted by atomic mass is 10.0. The van der Waals surface area contributed by atoms with Crippen molar-refractivity contribution in [3.63, 3.8) is 0 Å². The summed E-state index contributed by atoms with van der Waals surface area (Å²) in [6.45, 7) is 2.18. The van der Waals surface area contributed by atoms with Crippen molar-refractivity contribution in [1.82, 2.24) is 9.62 Å². The van der Waals surface area contributed by atoms with Crippen LogP contribution in [0.4, 0.5) is 0 Å². The van der Waals surface area contributed by atoms with E-state index in [0.717, 1.165) is 37.2 Å². The van der Waals surface area contributed by atoms with Gasteiger partial charge in [0.05, 0.1) is 18.0 Å². The minimum atomic E-state index is -3.61. The van der Waals surface area contributed by atoms with Crippen LogP contribution in [0.1, 0.15) is 30.9 Å². The molecule has 0 saturated carbocycles. The third kappa shape index (κ3) is 5.02. The number of ether oxygens (including phenoxy) is 1. The number of rotatable bonds is 7. The number of halogens is 1. The molecule has 0 bridgehead atoms. The van der Waals surface area contributed by atoms with E-state index in [2.05, 4.69) is 9.62 Å². The molecule has 1 aliphatic rings. The maximum Gasteiger partial charge on any atom is 0.240 e. The molecular formula is C20H25ClN2O3S. The quantitative estimate of drug-likeness (QED) is 0.755. The van der Waals surface area contributed by atoms with Crippen LogP contribution in [0.3, 0.4) is 0 Å². The van der Waals surface area contributed by atoms with Gasteiger partial charge in [-0.1, -0.05) is 36.2 Å². The third-order valence-electron chi connectivity index (χ3n) is 4.92. The first-order valence-corrected chi connectivity index (χ1v) is 11.0. The number of nitrogens with zero attached hydrogens (tertiary/aromatic N) is 1. The second-order valence-electron chi connectivity index (χ2n) is 6.66. The smallest absolute Gasteiger partial charge is 0.240 e. The van der Waals surface area contributed by atoms with Crippen molar-refractivity contribution in [3.05, 3.63) is 59.1 Å². The summed E-state index contributed by atoms with van der Waals surface area (Å²) in [5.41, 5.74) is 1.00. The Bertz CT molecular complexity index is 850. The van der Waals surface area contributed by atoms with Gasteiger partial charge in [-0.2, -0.15) is 0 Å². The van der Waals surface area contributed by atoms with Gasteiger partial charge in [0.15, 0.2) is 0 Å². The number of benzene rings is 2. The van der Waals surface area contributed by atoms with Crippen molar-refractivity contribution in [1.29, 1.82) is 0 Å². The summed E-state index contributed by atoms with van der Waals surface area (Å²) in [6, 6.07) is 13.9. The fourth-order valence-electron chi connectivity index (χ4n) is 3.49. The summed E-state index contributed by atoms with van der Waals surface area (Å²) >= 11 is 5.87.